The molecule has 0 aliphatic rings. The molecule has 1 nitrogen and oxygen atoms in total. The second-order valence-corrected chi connectivity index (χ2v) is 5.73. The van der Waals surface area contributed by atoms with Crippen LogP contribution in [0.3, 0.4) is 0 Å². The smallest absolute Gasteiger partial charge is 0.419 e. The Kier molecular flexibility index (Phi) is 6.25. The van der Waals surface area contributed by atoms with Gasteiger partial charge in [0.15, 0.2) is 11.6 Å². The van der Waals surface area contributed by atoms with Crippen LogP contribution < -0.4 is 0 Å². The standard InChI is InChI=1S/C7H4F4O.C6H4BrI/c8-6-4(7(9,10)11)2-1-3-5(6)12;7-5-1-3-6(8)4-2-5/h1-3,12H;1-4H. The summed E-state index contributed by atoms with van der Waals surface area (Å²) in [4.78, 5) is 0. The van der Waals surface area contributed by atoms with Crippen LogP contribution in [0, 0.1) is 9.39 Å². The number of phenols is 1. The summed E-state index contributed by atoms with van der Waals surface area (Å²) in [6, 6.07) is 10.5. The van der Waals surface area contributed by atoms with E-state index in [0.717, 1.165) is 16.6 Å². The number of aromatic hydroxyl groups is 1. The second kappa shape index (κ2) is 7.26. The molecule has 0 heterocycles. The summed E-state index contributed by atoms with van der Waals surface area (Å²) >= 11 is 5.62. The first-order valence-electron chi connectivity index (χ1n) is 5.17. The average Bonchev–Trinajstić information content (AvgIpc) is 2.36. The third kappa shape index (κ3) is 5.28. The molecule has 20 heavy (non-hydrogen) atoms. The third-order valence-corrected chi connectivity index (χ3v) is 3.34. The largest absolute Gasteiger partial charge is 0.505 e. The minimum absolute atomic E-state index is 0.565. The fourth-order valence-corrected chi connectivity index (χ4v) is 1.79. The molecule has 2 rings (SSSR count). The topological polar surface area (TPSA) is 20.2 Å². The minimum Gasteiger partial charge on any atom is -0.505 e. The van der Waals surface area contributed by atoms with Crippen molar-refractivity contribution in [3.05, 3.63) is 61.9 Å². The van der Waals surface area contributed by atoms with Gasteiger partial charge in [-0.3, -0.25) is 0 Å². The first kappa shape index (κ1) is 17.2. The minimum atomic E-state index is -4.76. The summed E-state index contributed by atoms with van der Waals surface area (Å²) in [6.07, 6.45) is -4.76. The van der Waals surface area contributed by atoms with E-state index in [-0.39, 0.29) is 0 Å². The summed E-state index contributed by atoms with van der Waals surface area (Å²) in [7, 11) is 0. The van der Waals surface area contributed by atoms with Crippen molar-refractivity contribution in [3.8, 4) is 5.75 Å². The van der Waals surface area contributed by atoms with Gasteiger partial charge in [-0.05, 0) is 59.0 Å². The summed E-state index contributed by atoms with van der Waals surface area (Å²) in [5, 5.41) is 8.59. The molecule has 0 spiro atoms. The van der Waals surface area contributed by atoms with Crippen LogP contribution >= 0.6 is 38.5 Å². The zero-order valence-corrected chi connectivity index (χ0v) is 13.5. The molecular weight excluding hydrogens is 455 g/mol. The zero-order valence-electron chi connectivity index (χ0n) is 9.76. The Hall–Kier alpha value is -0.830. The van der Waals surface area contributed by atoms with Crippen LogP contribution in [0.4, 0.5) is 17.6 Å². The van der Waals surface area contributed by atoms with Crippen molar-refractivity contribution in [2.24, 2.45) is 0 Å². The molecule has 2 aromatic rings. The Morgan fingerprint density at radius 3 is 1.95 bits per heavy atom. The van der Waals surface area contributed by atoms with Gasteiger partial charge in [0.05, 0.1) is 5.56 Å². The third-order valence-electron chi connectivity index (χ3n) is 2.09. The Balaban J connectivity index is 0.000000217. The van der Waals surface area contributed by atoms with Gasteiger partial charge in [-0.2, -0.15) is 13.2 Å². The number of benzene rings is 2. The highest BCUT2D eigenvalue weighted by Crippen LogP contribution is 2.33. The van der Waals surface area contributed by atoms with Gasteiger partial charge in [0.2, 0.25) is 0 Å². The fraction of sp³-hybridized carbons (Fsp3) is 0.0769. The van der Waals surface area contributed by atoms with E-state index in [2.05, 4.69) is 50.7 Å². The molecule has 0 bridgehead atoms. The summed E-state index contributed by atoms with van der Waals surface area (Å²) in [6.45, 7) is 0. The molecule has 108 valence electrons. The Morgan fingerprint density at radius 2 is 1.55 bits per heavy atom. The molecule has 0 saturated heterocycles. The first-order chi connectivity index (χ1) is 9.21. The SMILES string of the molecule is Brc1ccc(I)cc1.Oc1cccc(C(F)(F)F)c1F. The molecule has 0 aliphatic heterocycles. The highest BCUT2D eigenvalue weighted by molar-refractivity contribution is 14.1. The molecule has 0 aromatic heterocycles. The number of rotatable bonds is 0. The summed E-state index contributed by atoms with van der Waals surface area (Å²) < 4.78 is 50.6. The van der Waals surface area contributed by atoms with E-state index in [1.54, 1.807) is 0 Å². The molecule has 0 amide bonds. The summed E-state index contributed by atoms with van der Waals surface area (Å²) in [5.74, 6) is -2.63. The van der Waals surface area contributed by atoms with E-state index in [0.29, 0.717) is 6.07 Å². The Bertz CT molecular complexity index is 549. The monoisotopic (exact) mass is 462 g/mol. The molecule has 1 N–H and O–H groups in total. The van der Waals surface area contributed by atoms with Crippen LogP contribution in [-0.4, -0.2) is 5.11 Å². The van der Waals surface area contributed by atoms with E-state index < -0.39 is 23.3 Å². The van der Waals surface area contributed by atoms with Crippen LogP contribution in [0.15, 0.2) is 46.9 Å². The lowest BCUT2D eigenvalue weighted by Gasteiger charge is -2.07. The van der Waals surface area contributed by atoms with Crippen LogP contribution in [0.25, 0.3) is 0 Å². The highest BCUT2D eigenvalue weighted by Gasteiger charge is 2.34. The van der Waals surface area contributed by atoms with Gasteiger partial charge in [-0.1, -0.05) is 22.0 Å². The number of hydrogen-bond acceptors (Lipinski definition) is 1. The van der Waals surface area contributed by atoms with Gasteiger partial charge in [-0.25, -0.2) is 4.39 Å². The van der Waals surface area contributed by atoms with Gasteiger partial charge in [0, 0.05) is 8.04 Å². The molecule has 0 unspecified atom stereocenters. The number of halogens is 6. The van der Waals surface area contributed by atoms with Crippen LogP contribution in [0.5, 0.6) is 5.75 Å². The Labute approximate surface area is 134 Å². The van der Waals surface area contributed by atoms with Crippen molar-refractivity contribution in [2.45, 2.75) is 6.18 Å². The van der Waals surface area contributed by atoms with E-state index in [1.165, 1.54) is 3.57 Å². The molecule has 0 aliphatic carbocycles. The van der Waals surface area contributed by atoms with Gasteiger partial charge >= 0.3 is 6.18 Å². The lowest BCUT2D eigenvalue weighted by Crippen LogP contribution is -2.07. The maximum atomic E-state index is 12.5. The lowest BCUT2D eigenvalue weighted by atomic mass is 10.2. The predicted octanol–water partition coefficient (Wildman–Crippen LogP) is 5.60. The Morgan fingerprint density at radius 1 is 1.00 bits per heavy atom. The van der Waals surface area contributed by atoms with Gasteiger partial charge in [0.1, 0.15) is 0 Å². The van der Waals surface area contributed by atoms with Crippen molar-refractivity contribution in [1.82, 2.24) is 0 Å². The second-order valence-electron chi connectivity index (χ2n) is 3.57. The quantitative estimate of drug-likeness (QED) is 0.399. The maximum Gasteiger partial charge on any atom is 0.419 e. The van der Waals surface area contributed by atoms with E-state index in [4.69, 9.17) is 5.11 Å². The van der Waals surface area contributed by atoms with Crippen molar-refractivity contribution in [2.75, 3.05) is 0 Å². The van der Waals surface area contributed by atoms with Crippen LogP contribution in [0.1, 0.15) is 5.56 Å². The van der Waals surface area contributed by atoms with Gasteiger partial charge in [0.25, 0.3) is 0 Å². The van der Waals surface area contributed by atoms with E-state index in [9.17, 15) is 17.6 Å². The number of hydrogen-bond donors (Lipinski definition) is 1. The highest BCUT2D eigenvalue weighted by atomic mass is 127. The maximum absolute atomic E-state index is 12.5. The van der Waals surface area contributed by atoms with Gasteiger partial charge < -0.3 is 5.11 Å². The molecule has 7 heteroatoms. The van der Waals surface area contributed by atoms with Crippen molar-refractivity contribution >= 4 is 38.5 Å². The zero-order chi connectivity index (χ0) is 15.3. The van der Waals surface area contributed by atoms with Gasteiger partial charge in [-0.15, -0.1) is 0 Å². The summed E-state index contributed by atoms with van der Waals surface area (Å²) in [5.41, 5.74) is -1.46. The lowest BCUT2D eigenvalue weighted by molar-refractivity contribution is -0.140. The van der Waals surface area contributed by atoms with E-state index >= 15 is 0 Å². The van der Waals surface area contributed by atoms with Crippen LogP contribution in [-0.2, 0) is 6.18 Å². The normalized spacial score (nSPS) is 10.7. The molecule has 2 aromatic carbocycles. The predicted molar refractivity (Wildman–Crippen MR) is 79.9 cm³/mol. The van der Waals surface area contributed by atoms with Crippen molar-refractivity contribution in [3.63, 3.8) is 0 Å². The van der Waals surface area contributed by atoms with Crippen molar-refractivity contribution < 1.29 is 22.7 Å². The van der Waals surface area contributed by atoms with Crippen LogP contribution in [0.2, 0.25) is 0 Å². The average molecular weight is 463 g/mol. The number of phenolic OH excluding ortho intramolecular Hbond substituents is 1. The molecule has 0 saturated carbocycles. The van der Waals surface area contributed by atoms with Crippen molar-refractivity contribution in [1.29, 1.82) is 0 Å². The fourth-order valence-electron chi connectivity index (χ4n) is 1.17. The molecule has 0 fully saturated rings. The number of alkyl halides is 3. The molecule has 0 radical (unpaired) electrons. The molecular formula is C13H8BrF4IO. The first-order valence-corrected chi connectivity index (χ1v) is 7.04. The molecule has 0 atom stereocenters. The van der Waals surface area contributed by atoms with E-state index in [1.807, 2.05) is 12.1 Å².